The summed E-state index contributed by atoms with van der Waals surface area (Å²) in [5.41, 5.74) is 0.864. The Morgan fingerprint density at radius 1 is 0.912 bits per heavy atom. The Balaban J connectivity index is 1.64. The first-order valence-corrected chi connectivity index (χ1v) is 13.3. The lowest BCUT2D eigenvalue weighted by Crippen LogP contribution is -2.33. The number of benzene rings is 2. The zero-order valence-corrected chi connectivity index (χ0v) is 21.0. The van der Waals surface area contributed by atoms with Crippen molar-refractivity contribution in [1.82, 2.24) is 14.7 Å². The van der Waals surface area contributed by atoms with Crippen LogP contribution in [-0.2, 0) is 24.8 Å². The predicted molar refractivity (Wildman–Crippen MR) is 129 cm³/mol. The molecule has 0 bridgehead atoms. The molecule has 0 fully saturated rings. The molecule has 1 amide bonds. The maximum absolute atomic E-state index is 12.6. The summed E-state index contributed by atoms with van der Waals surface area (Å²) in [4.78, 5) is 19.9. The maximum Gasteiger partial charge on any atom is 0.263 e. The van der Waals surface area contributed by atoms with Crippen molar-refractivity contribution in [2.45, 2.75) is 23.6 Å². The number of hydrogen-bond donors (Lipinski definition) is 3. The van der Waals surface area contributed by atoms with E-state index in [2.05, 4.69) is 24.7 Å². The summed E-state index contributed by atoms with van der Waals surface area (Å²) >= 11 is 11.8. The van der Waals surface area contributed by atoms with Gasteiger partial charge in [0.15, 0.2) is 0 Å². The number of sulfonamides is 2. The molecule has 0 spiro atoms. The van der Waals surface area contributed by atoms with Crippen LogP contribution in [-0.4, -0.2) is 39.3 Å². The first-order chi connectivity index (χ1) is 15.9. The number of hydrogen-bond acceptors (Lipinski definition) is 7. The molecule has 180 valence electrons. The molecule has 1 aromatic heterocycles. The standard InChI is InChI=1S/C20H19Cl2N5O5S2/c1-12-10-18(25-13(2)24-12)27-33(29,30)15-8-6-14(7-9-15)26-19(28)11-23-34(31,32)20-16(21)4-3-5-17(20)22/h3-10,23H,11H2,1-2H3,(H,26,28)(H,24,25,27). The third-order valence-corrected chi connectivity index (χ3v) is 7.99. The van der Waals surface area contributed by atoms with Gasteiger partial charge in [0, 0.05) is 17.4 Å². The van der Waals surface area contributed by atoms with E-state index in [1.807, 2.05) is 0 Å². The van der Waals surface area contributed by atoms with E-state index in [0.29, 0.717) is 11.5 Å². The molecule has 0 radical (unpaired) electrons. The lowest BCUT2D eigenvalue weighted by Gasteiger charge is -2.11. The Hall–Kier alpha value is -2.77. The molecular weight excluding hydrogens is 525 g/mol. The van der Waals surface area contributed by atoms with Gasteiger partial charge in [-0.1, -0.05) is 29.3 Å². The molecule has 14 heteroatoms. The van der Waals surface area contributed by atoms with Crippen molar-refractivity contribution >= 4 is 60.7 Å². The van der Waals surface area contributed by atoms with Crippen molar-refractivity contribution in [1.29, 1.82) is 0 Å². The van der Waals surface area contributed by atoms with E-state index in [9.17, 15) is 21.6 Å². The highest BCUT2D eigenvalue weighted by Crippen LogP contribution is 2.28. The van der Waals surface area contributed by atoms with E-state index in [-0.39, 0.29) is 31.3 Å². The summed E-state index contributed by atoms with van der Waals surface area (Å²) in [5.74, 6) is -0.135. The maximum atomic E-state index is 12.6. The highest BCUT2D eigenvalue weighted by molar-refractivity contribution is 7.92. The third-order valence-electron chi connectivity index (χ3n) is 4.26. The van der Waals surface area contributed by atoms with Crippen molar-refractivity contribution in [2.75, 3.05) is 16.6 Å². The molecule has 0 aliphatic carbocycles. The van der Waals surface area contributed by atoms with Crippen LogP contribution in [0.15, 0.2) is 58.3 Å². The van der Waals surface area contributed by atoms with Crippen LogP contribution in [0, 0.1) is 13.8 Å². The first-order valence-electron chi connectivity index (χ1n) is 9.56. The highest BCUT2D eigenvalue weighted by atomic mass is 35.5. The lowest BCUT2D eigenvalue weighted by atomic mass is 10.3. The Morgan fingerprint density at radius 2 is 1.53 bits per heavy atom. The number of rotatable bonds is 8. The van der Waals surface area contributed by atoms with Gasteiger partial charge in [0.2, 0.25) is 15.9 Å². The van der Waals surface area contributed by atoms with Crippen molar-refractivity contribution in [3.8, 4) is 0 Å². The van der Waals surface area contributed by atoms with Crippen molar-refractivity contribution in [3.63, 3.8) is 0 Å². The van der Waals surface area contributed by atoms with Crippen LogP contribution in [0.2, 0.25) is 10.0 Å². The quantitative estimate of drug-likeness (QED) is 0.395. The zero-order valence-electron chi connectivity index (χ0n) is 17.8. The molecule has 3 aromatic rings. The van der Waals surface area contributed by atoms with E-state index in [0.717, 1.165) is 0 Å². The summed E-state index contributed by atoms with van der Waals surface area (Å²) in [6.45, 7) is 2.76. The number of aromatic nitrogens is 2. The molecule has 3 N–H and O–H groups in total. The second kappa shape index (κ2) is 10.2. The minimum absolute atomic E-state index is 0.0616. The molecule has 0 aliphatic rings. The van der Waals surface area contributed by atoms with Gasteiger partial charge in [-0.05, 0) is 50.2 Å². The zero-order chi connectivity index (χ0) is 25.1. The van der Waals surface area contributed by atoms with Crippen molar-refractivity contribution in [2.24, 2.45) is 0 Å². The summed E-state index contributed by atoms with van der Waals surface area (Å²) in [6, 6.07) is 11.0. The normalized spacial score (nSPS) is 11.8. The van der Waals surface area contributed by atoms with Gasteiger partial charge >= 0.3 is 0 Å². The SMILES string of the molecule is Cc1cc(NS(=O)(=O)c2ccc(NC(=O)CNS(=O)(=O)c3c(Cl)cccc3Cl)cc2)nc(C)n1. The summed E-state index contributed by atoms with van der Waals surface area (Å²) in [6.07, 6.45) is 0. The number of amides is 1. The molecular formula is C20H19Cl2N5O5S2. The van der Waals surface area contributed by atoms with Crippen LogP contribution in [0.1, 0.15) is 11.5 Å². The Labute approximate surface area is 206 Å². The van der Waals surface area contributed by atoms with Crippen LogP contribution >= 0.6 is 23.2 Å². The van der Waals surface area contributed by atoms with Gasteiger partial charge in [-0.25, -0.2) is 31.5 Å². The third kappa shape index (κ3) is 6.42. The Kier molecular flexibility index (Phi) is 7.78. The topological polar surface area (TPSA) is 147 Å². The van der Waals surface area contributed by atoms with Gasteiger partial charge in [0.1, 0.15) is 16.5 Å². The average molecular weight is 544 g/mol. The molecule has 10 nitrogen and oxygen atoms in total. The van der Waals surface area contributed by atoms with Gasteiger partial charge in [-0.15, -0.1) is 0 Å². The van der Waals surface area contributed by atoms with Crippen LogP contribution in [0.5, 0.6) is 0 Å². The summed E-state index contributed by atoms with van der Waals surface area (Å²) < 4.78 is 54.6. The molecule has 0 saturated heterocycles. The minimum Gasteiger partial charge on any atom is -0.325 e. The Morgan fingerprint density at radius 3 is 2.12 bits per heavy atom. The smallest absolute Gasteiger partial charge is 0.263 e. The molecule has 0 unspecified atom stereocenters. The first kappa shape index (κ1) is 25.8. The van der Waals surface area contributed by atoms with Gasteiger partial charge in [0.05, 0.1) is 21.5 Å². The van der Waals surface area contributed by atoms with Crippen LogP contribution in [0.4, 0.5) is 11.5 Å². The van der Waals surface area contributed by atoms with Crippen molar-refractivity contribution in [3.05, 3.63) is 70.1 Å². The van der Waals surface area contributed by atoms with Crippen LogP contribution in [0.25, 0.3) is 0 Å². The van der Waals surface area contributed by atoms with E-state index in [4.69, 9.17) is 23.2 Å². The molecule has 1 heterocycles. The van der Waals surface area contributed by atoms with Gasteiger partial charge in [-0.2, -0.15) is 0 Å². The largest absolute Gasteiger partial charge is 0.325 e. The number of halogens is 2. The monoisotopic (exact) mass is 543 g/mol. The summed E-state index contributed by atoms with van der Waals surface area (Å²) in [5, 5.41) is 2.30. The van der Waals surface area contributed by atoms with E-state index in [1.54, 1.807) is 13.8 Å². The second-order valence-corrected chi connectivity index (χ2v) is 11.2. The number of nitrogens with zero attached hydrogens (tertiary/aromatic N) is 2. The number of nitrogens with one attached hydrogen (secondary N) is 3. The minimum atomic E-state index is -4.14. The van der Waals surface area contributed by atoms with E-state index in [1.165, 1.54) is 48.5 Å². The number of carbonyl (C=O) groups excluding carboxylic acids is 1. The number of carbonyl (C=O) groups is 1. The fourth-order valence-corrected chi connectivity index (χ4v) is 5.97. The molecule has 2 aromatic carbocycles. The van der Waals surface area contributed by atoms with Crippen LogP contribution in [0.3, 0.4) is 0 Å². The molecule has 0 aliphatic heterocycles. The predicted octanol–water partition coefficient (Wildman–Crippen LogP) is 3.12. The van der Waals surface area contributed by atoms with Gasteiger partial charge < -0.3 is 5.32 Å². The van der Waals surface area contributed by atoms with Gasteiger partial charge in [0.25, 0.3) is 10.0 Å². The van der Waals surface area contributed by atoms with E-state index >= 15 is 0 Å². The highest BCUT2D eigenvalue weighted by Gasteiger charge is 2.22. The fourth-order valence-electron chi connectivity index (χ4n) is 2.86. The Bertz CT molecular complexity index is 1410. The van der Waals surface area contributed by atoms with E-state index < -0.39 is 32.5 Å². The van der Waals surface area contributed by atoms with Crippen molar-refractivity contribution < 1.29 is 21.6 Å². The van der Waals surface area contributed by atoms with Crippen LogP contribution < -0.4 is 14.8 Å². The fraction of sp³-hybridized carbons (Fsp3) is 0.150. The molecule has 3 rings (SSSR count). The molecule has 34 heavy (non-hydrogen) atoms. The van der Waals surface area contributed by atoms with Gasteiger partial charge in [-0.3, -0.25) is 9.52 Å². The molecule has 0 saturated carbocycles. The average Bonchev–Trinajstić information content (AvgIpc) is 2.71. The molecule has 0 atom stereocenters. The lowest BCUT2D eigenvalue weighted by molar-refractivity contribution is -0.115. The second-order valence-electron chi connectivity index (χ2n) is 7.00. The summed E-state index contributed by atoms with van der Waals surface area (Å²) in [7, 11) is -8.07. The number of anilines is 2. The number of aryl methyl sites for hydroxylation is 2.